The third-order valence-electron chi connectivity index (χ3n) is 5.99. The number of carbonyl (C=O) groups is 2. The summed E-state index contributed by atoms with van der Waals surface area (Å²) in [7, 11) is 0. The molecule has 0 N–H and O–H groups in total. The zero-order chi connectivity index (χ0) is 34.0. The maximum absolute atomic E-state index is 15.0. The van der Waals surface area contributed by atoms with Gasteiger partial charge < -0.3 is 0 Å². The molecule has 2 atom stereocenters. The Morgan fingerprint density at radius 3 is 1.77 bits per heavy atom. The van der Waals surface area contributed by atoms with Crippen molar-refractivity contribution >= 4 is 52.2 Å². The summed E-state index contributed by atoms with van der Waals surface area (Å²) in [5, 5.41) is -1.26. The minimum Gasteiger partial charge on any atom is -0.300 e. The number of halogens is 16. The molecular weight excluding hydrogens is 698 g/mol. The van der Waals surface area contributed by atoms with Crippen LogP contribution in [-0.2, 0) is 11.0 Å². The van der Waals surface area contributed by atoms with Crippen molar-refractivity contribution in [3.8, 4) is 0 Å². The lowest BCUT2D eigenvalue weighted by Gasteiger charge is -2.21. The van der Waals surface area contributed by atoms with E-state index < -0.39 is 112 Å². The summed E-state index contributed by atoms with van der Waals surface area (Å²) in [6.45, 7) is 0. The molecule has 2 rings (SSSR count). The van der Waals surface area contributed by atoms with Crippen molar-refractivity contribution in [1.29, 1.82) is 0 Å². The molecule has 0 aliphatic heterocycles. The quantitative estimate of drug-likeness (QED) is 0.140. The molecule has 0 aliphatic carbocycles. The zero-order valence-corrected chi connectivity index (χ0v) is 23.6. The van der Waals surface area contributed by atoms with Gasteiger partial charge in [0, 0.05) is 30.4 Å². The maximum Gasteiger partial charge on any atom is 0.417 e. The van der Waals surface area contributed by atoms with Crippen molar-refractivity contribution in [2.45, 2.75) is 56.3 Å². The Morgan fingerprint density at radius 1 is 0.773 bits per heavy atom. The van der Waals surface area contributed by atoms with E-state index in [1.807, 2.05) is 0 Å². The molecule has 2 unspecified atom stereocenters. The number of rotatable bonds is 10. The predicted octanol–water partition coefficient (Wildman–Crippen LogP) is 11.4. The average molecular weight is 714 g/mol. The van der Waals surface area contributed by atoms with Crippen molar-refractivity contribution in [1.82, 2.24) is 0 Å². The monoisotopic (exact) mass is 712 g/mol. The summed E-state index contributed by atoms with van der Waals surface area (Å²) in [6, 6.07) is 1.90. The number of benzene rings is 2. The van der Waals surface area contributed by atoms with E-state index >= 15 is 0 Å². The van der Waals surface area contributed by atoms with E-state index in [0.717, 1.165) is 0 Å². The molecule has 0 amide bonds. The summed E-state index contributed by atoms with van der Waals surface area (Å²) in [4.78, 5) is 24.2. The van der Waals surface area contributed by atoms with Crippen molar-refractivity contribution in [2.75, 3.05) is 0 Å². The Hall–Kier alpha value is -2.52. The van der Waals surface area contributed by atoms with Gasteiger partial charge in [0.2, 0.25) is 0 Å². The summed E-state index contributed by atoms with van der Waals surface area (Å²) in [5.74, 6) is -11.1. The molecule has 0 radical (unpaired) electrons. The Labute approximate surface area is 254 Å². The van der Waals surface area contributed by atoms with Gasteiger partial charge in [0.05, 0.1) is 33.0 Å². The van der Waals surface area contributed by atoms with Gasteiger partial charge in [0.25, 0.3) is 0 Å². The number of carbonyl (C=O) groups excluding carboxylic acids is 2. The third kappa shape index (κ3) is 10.5. The second kappa shape index (κ2) is 13.9. The minimum atomic E-state index is -5.54. The van der Waals surface area contributed by atoms with E-state index in [9.17, 15) is 66.7 Å². The molecule has 0 aromatic heterocycles. The molecule has 0 fully saturated rings. The molecule has 0 heterocycles. The van der Waals surface area contributed by atoms with Crippen LogP contribution in [0.25, 0.3) is 5.83 Å². The van der Waals surface area contributed by atoms with Gasteiger partial charge in [-0.05, 0) is 29.8 Å². The largest absolute Gasteiger partial charge is 0.417 e. The van der Waals surface area contributed by atoms with E-state index in [-0.39, 0.29) is 23.2 Å². The highest BCUT2D eigenvalue weighted by atomic mass is 35.5. The Kier molecular flexibility index (Phi) is 11.9. The van der Waals surface area contributed by atoms with Gasteiger partial charge in [-0.3, -0.25) is 9.59 Å². The standard InChI is InChI=1S/C26H16Cl3F13O2/c27-18-6-12(7-19(28)22(18)29)16(25(37,38)39)10-20(30)11-1-2-15(17(5-11)26(40,41)42)21(44)9-13(24(34,35)36)8-14(43)3-4-23(31,32)33/h1-2,5-7,10,13,16H,3-4,8-9H2/b20-10-. The summed E-state index contributed by atoms with van der Waals surface area (Å²) < 4.78 is 175. The molecule has 0 spiro atoms. The molecule has 2 aromatic carbocycles. The van der Waals surface area contributed by atoms with Gasteiger partial charge in [-0.25, -0.2) is 4.39 Å². The highest BCUT2D eigenvalue weighted by Gasteiger charge is 2.44. The van der Waals surface area contributed by atoms with Crippen molar-refractivity contribution in [2.24, 2.45) is 5.92 Å². The summed E-state index contributed by atoms with van der Waals surface area (Å²) >= 11 is 17.1. The number of hydrogen-bond donors (Lipinski definition) is 0. The van der Waals surface area contributed by atoms with E-state index in [4.69, 9.17) is 34.8 Å². The zero-order valence-electron chi connectivity index (χ0n) is 21.3. The SMILES string of the molecule is O=C(CCC(F)(F)F)CC(CC(=O)c1ccc(/C(F)=C/C(c2cc(Cl)c(Cl)c(Cl)c2)C(F)(F)F)cc1C(F)(F)F)C(F)(F)F. The lowest BCUT2D eigenvalue weighted by atomic mass is 9.89. The lowest BCUT2D eigenvalue weighted by molar-refractivity contribution is -0.178. The predicted molar refractivity (Wildman–Crippen MR) is 134 cm³/mol. The van der Waals surface area contributed by atoms with Crippen molar-refractivity contribution in [3.05, 3.63) is 73.7 Å². The Bertz CT molecular complexity index is 1380. The van der Waals surface area contributed by atoms with Crippen LogP contribution in [0.15, 0.2) is 36.4 Å². The molecule has 0 aliphatic rings. The van der Waals surface area contributed by atoms with E-state index in [2.05, 4.69) is 0 Å². The fourth-order valence-electron chi connectivity index (χ4n) is 3.84. The molecule has 0 bridgehead atoms. The molecule has 2 nitrogen and oxygen atoms in total. The van der Waals surface area contributed by atoms with Gasteiger partial charge in [-0.1, -0.05) is 46.9 Å². The van der Waals surface area contributed by atoms with Gasteiger partial charge in [0.15, 0.2) is 5.78 Å². The smallest absolute Gasteiger partial charge is 0.300 e. The molecule has 2 aromatic rings. The first-order chi connectivity index (χ1) is 19.8. The first-order valence-electron chi connectivity index (χ1n) is 11.8. The highest BCUT2D eigenvalue weighted by Crippen LogP contribution is 2.43. The van der Waals surface area contributed by atoms with E-state index in [0.29, 0.717) is 18.2 Å². The third-order valence-corrected chi connectivity index (χ3v) is 7.18. The molecule has 0 saturated carbocycles. The summed E-state index contributed by atoms with van der Waals surface area (Å²) in [5.41, 5.74) is -5.37. The topological polar surface area (TPSA) is 34.1 Å². The number of ketones is 2. The van der Waals surface area contributed by atoms with Crippen LogP contribution in [-0.4, -0.2) is 30.1 Å². The maximum atomic E-state index is 15.0. The first-order valence-corrected chi connectivity index (χ1v) is 12.9. The van der Waals surface area contributed by atoms with Crippen LogP contribution in [0.3, 0.4) is 0 Å². The number of allylic oxidation sites excluding steroid dienone is 1. The van der Waals surface area contributed by atoms with Crippen molar-refractivity contribution in [3.63, 3.8) is 0 Å². The number of hydrogen-bond acceptors (Lipinski definition) is 2. The molecule has 244 valence electrons. The van der Waals surface area contributed by atoms with Gasteiger partial charge in [-0.2, -0.15) is 52.7 Å². The van der Waals surface area contributed by atoms with Crippen LogP contribution >= 0.6 is 34.8 Å². The minimum absolute atomic E-state index is 0.106. The van der Waals surface area contributed by atoms with Crippen molar-refractivity contribution < 1.29 is 66.7 Å². The van der Waals surface area contributed by atoms with E-state index in [1.54, 1.807) is 0 Å². The molecule has 0 saturated heterocycles. The van der Waals surface area contributed by atoms with Gasteiger partial charge >= 0.3 is 24.7 Å². The van der Waals surface area contributed by atoms with Gasteiger partial charge in [0.1, 0.15) is 17.5 Å². The molecular formula is C26H16Cl3F13O2. The fourth-order valence-corrected chi connectivity index (χ4v) is 4.46. The number of Topliss-reactive ketones (excluding diaryl/α,β-unsaturated/α-hetero) is 2. The van der Waals surface area contributed by atoms with Crippen LogP contribution in [0.5, 0.6) is 0 Å². The first kappa shape index (κ1) is 37.7. The van der Waals surface area contributed by atoms with Crippen LogP contribution in [0.2, 0.25) is 15.1 Å². The Balaban J connectivity index is 2.49. The second-order valence-electron chi connectivity index (χ2n) is 9.31. The second-order valence-corrected chi connectivity index (χ2v) is 10.5. The highest BCUT2D eigenvalue weighted by molar-refractivity contribution is 6.48. The van der Waals surface area contributed by atoms with Gasteiger partial charge in [-0.15, -0.1) is 0 Å². The fraction of sp³-hybridized carbons (Fsp3) is 0.385. The molecule has 44 heavy (non-hydrogen) atoms. The summed E-state index contributed by atoms with van der Waals surface area (Å²) in [6.07, 6.45) is -27.8. The van der Waals surface area contributed by atoms with Crippen LogP contribution < -0.4 is 0 Å². The van der Waals surface area contributed by atoms with Crippen LogP contribution in [0, 0.1) is 5.92 Å². The Morgan fingerprint density at radius 2 is 1.32 bits per heavy atom. The van der Waals surface area contributed by atoms with Crippen LogP contribution in [0.1, 0.15) is 58.6 Å². The van der Waals surface area contributed by atoms with Crippen LogP contribution in [0.4, 0.5) is 57.1 Å². The lowest BCUT2D eigenvalue weighted by Crippen LogP contribution is -2.29. The normalized spacial score (nSPS) is 14.9. The average Bonchev–Trinajstić information content (AvgIpc) is 2.85. The molecule has 18 heteroatoms. The van der Waals surface area contributed by atoms with E-state index in [1.165, 1.54) is 0 Å². The number of alkyl halides is 12.